The summed E-state index contributed by atoms with van der Waals surface area (Å²) in [7, 11) is -4.14. The molecule has 1 heterocycles. The maximum absolute atomic E-state index is 13.0. The van der Waals surface area contributed by atoms with E-state index in [2.05, 4.69) is 4.98 Å². The molecule has 0 radical (unpaired) electrons. The van der Waals surface area contributed by atoms with E-state index >= 15 is 0 Å². The van der Waals surface area contributed by atoms with Crippen molar-refractivity contribution in [3.63, 3.8) is 0 Å². The van der Waals surface area contributed by atoms with Gasteiger partial charge in [-0.2, -0.15) is 8.42 Å². The maximum Gasteiger partial charge on any atom is 0.339 e. The molecule has 9 heteroatoms. The average molecular weight is 394 g/mol. The third-order valence-electron chi connectivity index (χ3n) is 3.54. The normalized spacial score (nSPS) is 11.8. The van der Waals surface area contributed by atoms with Gasteiger partial charge in [-0.1, -0.05) is 13.8 Å². The molecular weight excluding hydrogens is 379 g/mol. The van der Waals surface area contributed by atoms with Gasteiger partial charge in [0.2, 0.25) is 0 Å². The minimum absolute atomic E-state index is 0.00785. The highest BCUT2D eigenvalue weighted by atomic mass is 32.2. The number of fused-ring (bicyclic) bond motifs is 1. The molecule has 0 saturated heterocycles. The largest absolute Gasteiger partial charge is 0.397 e. The molecule has 136 valence electrons. The molecule has 1 aromatic heterocycles. The predicted octanol–water partition coefficient (Wildman–Crippen LogP) is 3.62. The molecule has 3 rings (SSSR count). The summed E-state index contributed by atoms with van der Waals surface area (Å²) in [5.74, 6) is -0.897. The number of aromatic nitrogens is 1. The van der Waals surface area contributed by atoms with Crippen LogP contribution in [-0.2, 0) is 10.1 Å². The van der Waals surface area contributed by atoms with E-state index in [9.17, 15) is 17.6 Å². The Morgan fingerprint density at radius 3 is 2.50 bits per heavy atom. The predicted molar refractivity (Wildman–Crippen MR) is 97.4 cm³/mol. The van der Waals surface area contributed by atoms with Crippen molar-refractivity contribution in [1.82, 2.24) is 4.98 Å². The van der Waals surface area contributed by atoms with Crippen LogP contribution in [0.3, 0.4) is 0 Å². The van der Waals surface area contributed by atoms with E-state index in [0.29, 0.717) is 15.2 Å². The second kappa shape index (κ2) is 6.65. The Hall–Kier alpha value is -2.52. The summed E-state index contributed by atoms with van der Waals surface area (Å²) < 4.78 is 43.2. The van der Waals surface area contributed by atoms with E-state index in [1.807, 2.05) is 0 Å². The highest BCUT2D eigenvalue weighted by Crippen LogP contribution is 2.33. The minimum atomic E-state index is -4.14. The first-order valence-electron chi connectivity index (χ1n) is 7.61. The number of hydrogen-bond donors (Lipinski definition) is 1. The molecule has 0 atom stereocenters. The molecule has 2 aromatic carbocycles. The van der Waals surface area contributed by atoms with E-state index in [-0.39, 0.29) is 28.0 Å². The number of thiazole rings is 1. The molecule has 2 N–H and O–H groups in total. The van der Waals surface area contributed by atoms with Gasteiger partial charge in [0.15, 0.2) is 10.8 Å². The number of carbonyl (C=O) groups is 1. The van der Waals surface area contributed by atoms with E-state index < -0.39 is 15.9 Å². The summed E-state index contributed by atoms with van der Waals surface area (Å²) in [6, 6.07) is 7.06. The molecule has 6 nitrogen and oxygen atoms in total. The molecule has 0 spiro atoms. The number of anilines is 1. The second-order valence-electron chi connectivity index (χ2n) is 5.89. The molecule has 0 aliphatic heterocycles. The Balaban J connectivity index is 1.98. The third-order valence-corrected chi connectivity index (χ3v) is 5.82. The van der Waals surface area contributed by atoms with Crippen molar-refractivity contribution in [2.45, 2.75) is 18.7 Å². The fourth-order valence-electron chi connectivity index (χ4n) is 2.21. The third kappa shape index (κ3) is 3.54. The highest BCUT2D eigenvalue weighted by molar-refractivity contribution is 7.87. The van der Waals surface area contributed by atoms with Crippen molar-refractivity contribution in [3.8, 4) is 5.75 Å². The van der Waals surface area contributed by atoms with Gasteiger partial charge < -0.3 is 9.92 Å². The zero-order valence-electron chi connectivity index (χ0n) is 13.9. The molecule has 3 aromatic rings. The van der Waals surface area contributed by atoms with Crippen LogP contribution in [0.4, 0.5) is 10.1 Å². The summed E-state index contributed by atoms with van der Waals surface area (Å²) in [4.78, 5) is 16.2. The molecular formula is C17H15FN2O4S2. The van der Waals surface area contributed by atoms with Crippen LogP contribution in [0.2, 0.25) is 0 Å². The first-order chi connectivity index (χ1) is 12.2. The molecule has 0 fully saturated rings. The van der Waals surface area contributed by atoms with E-state index in [1.165, 1.54) is 12.1 Å². The van der Waals surface area contributed by atoms with Crippen LogP contribution in [0.5, 0.6) is 5.75 Å². The van der Waals surface area contributed by atoms with Crippen LogP contribution < -0.4 is 9.92 Å². The van der Waals surface area contributed by atoms with Crippen molar-refractivity contribution < 1.29 is 21.8 Å². The number of carbonyl (C=O) groups excluding carboxylic acids is 1. The number of benzene rings is 2. The number of nitrogen functional groups attached to an aromatic ring is 1. The van der Waals surface area contributed by atoms with Crippen molar-refractivity contribution in [2.24, 2.45) is 5.92 Å². The van der Waals surface area contributed by atoms with Gasteiger partial charge in [-0.3, -0.25) is 4.79 Å². The van der Waals surface area contributed by atoms with Gasteiger partial charge in [0.25, 0.3) is 0 Å². The summed E-state index contributed by atoms with van der Waals surface area (Å²) in [5, 5.41) is 0.306. The van der Waals surface area contributed by atoms with Crippen LogP contribution in [0, 0.1) is 11.7 Å². The zero-order chi connectivity index (χ0) is 19.1. The van der Waals surface area contributed by atoms with Gasteiger partial charge in [-0.25, -0.2) is 9.37 Å². The van der Waals surface area contributed by atoms with Gasteiger partial charge >= 0.3 is 10.1 Å². The monoisotopic (exact) mass is 394 g/mol. The molecule has 0 unspecified atom stereocenters. The molecule has 0 saturated carbocycles. The van der Waals surface area contributed by atoms with Crippen molar-refractivity contribution >= 4 is 43.1 Å². The van der Waals surface area contributed by atoms with Crippen LogP contribution in [0.1, 0.15) is 23.6 Å². The van der Waals surface area contributed by atoms with Gasteiger partial charge in [0.1, 0.15) is 22.0 Å². The Kier molecular flexibility index (Phi) is 4.68. The molecule has 26 heavy (non-hydrogen) atoms. The standard InChI is InChI=1S/C17H15FN2O4S2/c1-9(2)16(21)17-20-15-13(19)7-11(8-14(15)25-17)24-26(22,23)12-5-3-10(18)4-6-12/h3-9H,19H2,1-2H3. The fraction of sp³-hybridized carbons (Fsp3) is 0.176. The Morgan fingerprint density at radius 1 is 1.23 bits per heavy atom. The molecule has 0 aliphatic rings. The van der Waals surface area contributed by atoms with Crippen molar-refractivity contribution in [1.29, 1.82) is 0 Å². The van der Waals surface area contributed by atoms with E-state index in [1.54, 1.807) is 13.8 Å². The Bertz CT molecular complexity index is 1090. The Morgan fingerprint density at radius 2 is 1.88 bits per heavy atom. The van der Waals surface area contributed by atoms with E-state index in [0.717, 1.165) is 35.6 Å². The summed E-state index contributed by atoms with van der Waals surface area (Å²) in [5.41, 5.74) is 6.55. The number of nitrogens with two attached hydrogens (primary N) is 1. The van der Waals surface area contributed by atoms with Crippen molar-refractivity contribution in [2.75, 3.05) is 5.73 Å². The molecule has 0 amide bonds. The smallest absolute Gasteiger partial charge is 0.339 e. The average Bonchev–Trinajstić information content (AvgIpc) is 2.98. The second-order valence-corrected chi connectivity index (χ2v) is 8.47. The van der Waals surface area contributed by atoms with Gasteiger partial charge in [0.05, 0.1) is 10.4 Å². The molecule has 0 aliphatic carbocycles. The number of nitrogens with zero attached hydrogens (tertiary/aromatic N) is 1. The first-order valence-corrected chi connectivity index (χ1v) is 9.84. The quantitative estimate of drug-likeness (QED) is 0.403. The summed E-state index contributed by atoms with van der Waals surface area (Å²) >= 11 is 1.12. The fourth-order valence-corrected chi connectivity index (χ4v) is 4.24. The van der Waals surface area contributed by atoms with Crippen molar-refractivity contribution in [3.05, 3.63) is 47.2 Å². The number of Topliss-reactive ketones (excluding diaryl/α,β-unsaturated/α-hetero) is 1. The lowest BCUT2D eigenvalue weighted by atomic mass is 10.1. The zero-order valence-corrected chi connectivity index (χ0v) is 15.5. The van der Waals surface area contributed by atoms with Crippen LogP contribution >= 0.6 is 11.3 Å². The SMILES string of the molecule is CC(C)C(=O)c1nc2c(N)cc(OS(=O)(=O)c3ccc(F)cc3)cc2s1. The van der Waals surface area contributed by atoms with Crippen LogP contribution in [0.15, 0.2) is 41.3 Å². The van der Waals surface area contributed by atoms with Gasteiger partial charge in [-0.15, -0.1) is 11.3 Å². The number of hydrogen-bond acceptors (Lipinski definition) is 7. The van der Waals surface area contributed by atoms with E-state index in [4.69, 9.17) is 9.92 Å². The highest BCUT2D eigenvalue weighted by Gasteiger charge is 2.20. The minimum Gasteiger partial charge on any atom is -0.397 e. The van der Waals surface area contributed by atoms with Gasteiger partial charge in [0, 0.05) is 18.1 Å². The Labute approximate surface area is 153 Å². The number of ketones is 1. The summed E-state index contributed by atoms with van der Waals surface area (Å²) in [6.07, 6.45) is 0. The lowest BCUT2D eigenvalue weighted by Crippen LogP contribution is -2.10. The number of halogens is 1. The first kappa shape index (κ1) is 18.3. The lowest BCUT2D eigenvalue weighted by Gasteiger charge is -2.08. The maximum atomic E-state index is 13.0. The van der Waals surface area contributed by atoms with Crippen LogP contribution in [0.25, 0.3) is 10.2 Å². The summed E-state index contributed by atoms with van der Waals surface area (Å²) in [6.45, 7) is 3.53. The lowest BCUT2D eigenvalue weighted by molar-refractivity contribution is 0.0939. The van der Waals surface area contributed by atoms with Crippen LogP contribution in [-0.4, -0.2) is 19.2 Å². The topological polar surface area (TPSA) is 99.3 Å². The van der Waals surface area contributed by atoms with Gasteiger partial charge in [-0.05, 0) is 24.3 Å². The number of rotatable bonds is 5. The molecule has 0 bridgehead atoms.